The summed E-state index contributed by atoms with van der Waals surface area (Å²) in [5, 5.41) is 20.7. The Bertz CT molecular complexity index is 1420. The van der Waals surface area contributed by atoms with Crippen molar-refractivity contribution < 1.29 is 18.6 Å². The molecule has 0 amide bonds. The van der Waals surface area contributed by atoms with Crippen LogP contribution in [-0.2, 0) is 20.0 Å². The standard InChI is InChI=1S/C30H35F2N3O2/c1-18-22(27(34-35(18)6)29(36)30(2,3)4)14-15-37-28-23(12-13-25(31)26(28)32)20-11-10-19-8-7-9-21(17-33-5)24(19)16-20/h7-13,16,29,33,36H,14-15,17H2,1-6H3. The number of fused-ring (bicyclic) bond motifs is 1. The van der Waals surface area contributed by atoms with Crippen LogP contribution in [0.15, 0.2) is 48.5 Å². The van der Waals surface area contributed by atoms with Crippen molar-refractivity contribution in [3.05, 3.63) is 82.7 Å². The van der Waals surface area contributed by atoms with Crippen LogP contribution < -0.4 is 10.1 Å². The van der Waals surface area contributed by atoms with Gasteiger partial charge in [-0.15, -0.1) is 0 Å². The number of hydrogen-bond donors (Lipinski definition) is 2. The highest BCUT2D eigenvalue weighted by Crippen LogP contribution is 2.37. The number of aryl methyl sites for hydroxylation is 1. The van der Waals surface area contributed by atoms with Gasteiger partial charge in [-0.1, -0.05) is 51.1 Å². The fourth-order valence-corrected chi connectivity index (χ4v) is 4.62. The van der Waals surface area contributed by atoms with Crippen LogP contribution in [0.5, 0.6) is 5.75 Å². The first-order valence-corrected chi connectivity index (χ1v) is 12.5. The van der Waals surface area contributed by atoms with Crippen LogP contribution in [-0.4, -0.2) is 28.5 Å². The maximum Gasteiger partial charge on any atom is 0.201 e. The van der Waals surface area contributed by atoms with Crippen LogP contribution in [0.4, 0.5) is 8.78 Å². The van der Waals surface area contributed by atoms with Crippen LogP contribution in [0.25, 0.3) is 21.9 Å². The van der Waals surface area contributed by atoms with E-state index >= 15 is 4.39 Å². The summed E-state index contributed by atoms with van der Waals surface area (Å²) in [6, 6.07) is 14.6. The number of rotatable bonds is 8. The third kappa shape index (κ3) is 5.38. The van der Waals surface area contributed by atoms with E-state index in [0.717, 1.165) is 39.2 Å². The number of ether oxygens (including phenoxy) is 1. The number of hydrogen-bond acceptors (Lipinski definition) is 4. The molecule has 4 aromatic rings. The lowest BCUT2D eigenvalue weighted by atomic mass is 9.85. The fourth-order valence-electron chi connectivity index (χ4n) is 4.62. The predicted molar refractivity (Wildman–Crippen MR) is 144 cm³/mol. The monoisotopic (exact) mass is 507 g/mol. The molecule has 4 rings (SSSR count). The molecule has 1 atom stereocenters. The summed E-state index contributed by atoms with van der Waals surface area (Å²) >= 11 is 0. The molecular weight excluding hydrogens is 472 g/mol. The molecule has 0 fully saturated rings. The van der Waals surface area contributed by atoms with Gasteiger partial charge in [0, 0.05) is 36.8 Å². The van der Waals surface area contributed by atoms with Crippen molar-refractivity contribution in [2.24, 2.45) is 12.5 Å². The molecule has 0 aliphatic heterocycles. The average molecular weight is 508 g/mol. The minimum Gasteiger partial charge on any atom is -0.489 e. The Kier molecular flexibility index (Phi) is 7.67. The highest BCUT2D eigenvalue weighted by Gasteiger charge is 2.30. The Balaban J connectivity index is 1.67. The van der Waals surface area contributed by atoms with Gasteiger partial charge in [0.05, 0.1) is 12.3 Å². The third-order valence-corrected chi connectivity index (χ3v) is 6.87. The number of aliphatic hydroxyl groups excluding tert-OH is 1. The van der Waals surface area contributed by atoms with Crippen molar-refractivity contribution >= 4 is 10.8 Å². The average Bonchev–Trinajstić information content (AvgIpc) is 3.14. The van der Waals surface area contributed by atoms with Gasteiger partial charge in [-0.25, -0.2) is 4.39 Å². The molecule has 1 unspecified atom stereocenters. The molecule has 196 valence electrons. The maximum atomic E-state index is 15.1. The van der Waals surface area contributed by atoms with Crippen molar-refractivity contribution in [1.29, 1.82) is 0 Å². The molecule has 5 nitrogen and oxygen atoms in total. The Morgan fingerprint density at radius 1 is 1.11 bits per heavy atom. The van der Waals surface area contributed by atoms with E-state index in [9.17, 15) is 9.50 Å². The highest BCUT2D eigenvalue weighted by molar-refractivity contribution is 5.90. The van der Waals surface area contributed by atoms with Crippen molar-refractivity contribution in [3.63, 3.8) is 0 Å². The summed E-state index contributed by atoms with van der Waals surface area (Å²) in [6.07, 6.45) is -0.380. The third-order valence-electron chi connectivity index (χ3n) is 6.87. The van der Waals surface area contributed by atoms with E-state index in [4.69, 9.17) is 4.74 Å². The first kappa shape index (κ1) is 26.8. The van der Waals surface area contributed by atoms with Gasteiger partial charge >= 0.3 is 0 Å². The minimum atomic E-state index is -1.01. The summed E-state index contributed by atoms with van der Waals surface area (Å²) in [5.41, 5.74) is 4.27. The van der Waals surface area contributed by atoms with Gasteiger partial charge in [-0.3, -0.25) is 4.68 Å². The molecule has 7 heteroatoms. The zero-order valence-electron chi connectivity index (χ0n) is 22.3. The maximum absolute atomic E-state index is 15.1. The Hall–Kier alpha value is -3.29. The number of aromatic nitrogens is 2. The van der Waals surface area contributed by atoms with Gasteiger partial charge in [-0.2, -0.15) is 9.49 Å². The van der Waals surface area contributed by atoms with E-state index in [1.54, 1.807) is 10.7 Å². The molecule has 2 N–H and O–H groups in total. The first-order valence-electron chi connectivity index (χ1n) is 12.5. The SMILES string of the molecule is CNCc1cccc2ccc(-c3ccc(F)c(F)c3OCCc3c(C(O)C(C)(C)C)nn(C)c3C)cc12. The van der Waals surface area contributed by atoms with Gasteiger partial charge in [0.25, 0.3) is 0 Å². The lowest BCUT2D eigenvalue weighted by molar-refractivity contribution is 0.0575. The lowest BCUT2D eigenvalue weighted by Gasteiger charge is -2.25. The number of aliphatic hydroxyl groups is 1. The first-order chi connectivity index (χ1) is 17.5. The molecule has 37 heavy (non-hydrogen) atoms. The van der Waals surface area contributed by atoms with Gasteiger partial charge in [0.1, 0.15) is 6.10 Å². The molecule has 1 aromatic heterocycles. The second-order valence-electron chi connectivity index (χ2n) is 10.6. The summed E-state index contributed by atoms with van der Waals surface area (Å²) in [6.45, 7) is 8.55. The molecule has 0 aliphatic rings. The van der Waals surface area contributed by atoms with E-state index < -0.39 is 23.2 Å². The Morgan fingerprint density at radius 3 is 2.57 bits per heavy atom. The van der Waals surface area contributed by atoms with Gasteiger partial charge in [-0.05, 0) is 59.5 Å². The largest absolute Gasteiger partial charge is 0.489 e. The number of nitrogens with one attached hydrogen (secondary N) is 1. The number of benzene rings is 3. The smallest absolute Gasteiger partial charge is 0.201 e. The molecule has 0 spiro atoms. The van der Waals surface area contributed by atoms with Gasteiger partial charge < -0.3 is 15.2 Å². The zero-order chi connectivity index (χ0) is 26.9. The Morgan fingerprint density at radius 2 is 1.86 bits per heavy atom. The second-order valence-corrected chi connectivity index (χ2v) is 10.6. The molecule has 1 heterocycles. The van der Waals surface area contributed by atoms with Crippen LogP contribution >= 0.6 is 0 Å². The molecular formula is C30H35F2N3O2. The summed E-state index contributed by atoms with van der Waals surface area (Å²) in [4.78, 5) is 0. The van der Waals surface area contributed by atoms with Crippen molar-refractivity contribution in [3.8, 4) is 16.9 Å². The minimum absolute atomic E-state index is 0.0996. The van der Waals surface area contributed by atoms with Crippen LogP contribution in [0, 0.1) is 24.0 Å². The molecule has 0 aliphatic carbocycles. The summed E-state index contributed by atoms with van der Waals surface area (Å²) in [7, 11) is 3.71. The van der Waals surface area contributed by atoms with Crippen LogP contribution in [0.3, 0.4) is 0 Å². The van der Waals surface area contributed by atoms with E-state index in [-0.39, 0.29) is 12.4 Å². The Labute approximate surface area is 217 Å². The normalized spacial score (nSPS) is 12.8. The quantitative estimate of drug-likeness (QED) is 0.296. The molecule has 0 radical (unpaired) electrons. The number of halogens is 2. The van der Waals surface area contributed by atoms with E-state index in [1.165, 1.54) is 0 Å². The molecule has 3 aromatic carbocycles. The van der Waals surface area contributed by atoms with E-state index in [2.05, 4.69) is 10.4 Å². The molecule has 0 bridgehead atoms. The topological polar surface area (TPSA) is 59.3 Å². The van der Waals surface area contributed by atoms with Gasteiger partial charge in [0.2, 0.25) is 5.82 Å². The highest BCUT2D eigenvalue weighted by atomic mass is 19.2. The zero-order valence-corrected chi connectivity index (χ0v) is 22.3. The van der Waals surface area contributed by atoms with Crippen molar-refractivity contribution in [1.82, 2.24) is 15.1 Å². The van der Waals surface area contributed by atoms with Gasteiger partial charge in [0.15, 0.2) is 11.6 Å². The van der Waals surface area contributed by atoms with E-state index in [0.29, 0.717) is 24.2 Å². The summed E-state index contributed by atoms with van der Waals surface area (Å²) < 4.78 is 37.0. The summed E-state index contributed by atoms with van der Waals surface area (Å²) in [5.74, 6) is -2.10. The molecule has 0 saturated carbocycles. The number of nitrogens with zero attached hydrogens (tertiary/aromatic N) is 2. The lowest BCUT2D eigenvalue weighted by Crippen LogP contribution is -2.20. The van der Waals surface area contributed by atoms with Crippen molar-refractivity contribution in [2.45, 2.75) is 46.8 Å². The fraction of sp³-hybridized carbons (Fsp3) is 0.367. The van der Waals surface area contributed by atoms with Crippen LogP contribution in [0.2, 0.25) is 0 Å². The predicted octanol–water partition coefficient (Wildman–Crippen LogP) is 6.25. The van der Waals surface area contributed by atoms with E-state index in [1.807, 2.05) is 78.2 Å². The van der Waals surface area contributed by atoms with Crippen molar-refractivity contribution in [2.75, 3.05) is 13.7 Å². The van der Waals surface area contributed by atoms with Crippen LogP contribution in [0.1, 0.15) is 49.4 Å². The second kappa shape index (κ2) is 10.6. The molecule has 0 saturated heterocycles.